The summed E-state index contributed by atoms with van der Waals surface area (Å²) in [7, 11) is -3.88. The molecule has 82 valence electrons. The molecule has 0 fully saturated rings. The number of benzene rings is 1. The van der Waals surface area contributed by atoms with Crippen LogP contribution in [0.1, 0.15) is 0 Å². The molecule has 1 amide bonds. The van der Waals surface area contributed by atoms with Crippen molar-refractivity contribution in [3.63, 3.8) is 0 Å². The first-order chi connectivity index (χ1) is 7.06. The Kier molecular flexibility index (Phi) is 3.78. The van der Waals surface area contributed by atoms with E-state index in [-0.39, 0.29) is 4.90 Å². The summed E-state index contributed by atoms with van der Waals surface area (Å²) in [6.45, 7) is -0.631. The lowest BCUT2D eigenvalue weighted by molar-refractivity contribution is -0.123. The second-order valence-electron chi connectivity index (χ2n) is 2.60. The van der Waals surface area contributed by atoms with E-state index in [1.807, 2.05) is 0 Å². The van der Waals surface area contributed by atoms with Crippen LogP contribution >= 0.6 is 0 Å². The summed E-state index contributed by atoms with van der Waals surface area (Å²) in [5.41, 5.74) is 1.76. The number of hydrogen-bond donors (Lipinski definition) is 2. The predicted octanol–water partition coefficient (Wildman–Crippen LogP) is -0.618. The van der Waals surface area contributed by atoms with Crippen molar-refractivity contribution in [2.75, 3.05) is 6.61 Å². The average molecular weight is 230 g/mol. The van der Waals surface area contributed by atoms with Gasteiger partial charge in [-0.1, -0.05) is 18.2 Å². The van der Waals surface area contributed by atoms with Crippen LogP contribution in [-0.2, 0) is 19.1 Å². The number of carbonyl (C=O) groups excluding carboxylic acids is 1. The summed E-state index contributed by atoms with van der Waals surface area (Å²) >= 11 is 0. The van der Waals surface area contributed by atoms with Crippen molar-refractivity contribution in [3.05, 3.63) is 30.3 Å². The molecular weight excluding hydrogens is 220 g/mol. The molecule has 0 unspecified atom stereocenters. The number of nitrogens with one attached hydrogen (secondary N) is 1. The number of carbonyl (C=O) groups is 1. The molecule has 1 rings (SSSR count). The summed E-state index contributed by atoms with van der Waals surface area (Å²) in [5, 5.41) is 0. The van der Waals surface area contributed by atoms with Gasteiger partial charge in [0.25, 0.3) is 16.0 Å². The first-order valence-corrected chi connectivity index (χ1v) is 5.41. The van der Waals surface area contributed by atoms with E-state index in [0.29, 0.717) is 0 Å². The van der Waals surface area contributed by atoms with Crippen molar-refractivity contribution in [1.29, 1.82) is 0 Å². The van der Waals surface area contributed by atoms with Crippen LogP contribution in [0, 0.1) is 0 Å². The lowest BCUT2D eigenvalue weighted by atomic mass is 10.4. The summed E-state index contributed by atoms with van der Waals surface area (Å²) in [4.78, 5) is 10.7. The van der Waals surface area contributed by atoms with Crippen molar-refractivity contribution >= 4 is 16.0 Å². The highest BCUT2D eigenvalue weighted by Gasteiger charge is 2.15. The zero-order valence-corrected chi connectivity index (χ0v) is 8.53. The normalized spacial score (nSPS) is 11.0. The molecule has 0 aliphatic rings. The van der Waals surface area contributed by atoms with Crippen molar-refractivity contribution < 1.29 is 17.4 Å². The fraction of sp³-hybridized carbons (Fsp3) is 0.125. The van der Waals surface area contributed by atoms with Gasteiger partial charge in [0.1, 0.15) is 6.61 Å². The largest absolute Gasteiger partial charge is 0.297 e. The quantitative estimate of drug-likeness (QED) is 0.311. The SMILES string of the molecule is NNC(=O)COS(=O)(=O)c1ccccc1. The molecule has 0 radical (unpaired) electrons. The zero-order chi connectivity index (χ0) is 11.3. The molecule has 1 aromatic rings. The van der Waals surface area contributed by atoms with Crippen LogP contribution in [0.3, 0.4) is 0 Å². The van der Waals surface area contributed by atoms with Gasteiger partial charge in [-0.3, -0.25) is 14.4 Å². The molecule has 1 aromatic carbocycles. The Morgan fingerprint density at radius 1 is 1.33 bits per heavy atom. The Labute approximate surface area is 87.1 Å². The van der Waals surface area contributed by atoms with E-state index in [1.54, 1.807) is 23.6 Å². The lowest BCUT2D eigenvalue weighted by Crippen LogP contribution is -2.34. The van der Waals surface area contributed by atoms with E-state index in [2.05, 4.69) is 4.18 Å². The Balaban J connectivity index is 2.73. The van der Waals surface area contributed by atoms with E-state index in [0.717, 1.165) is 0 Å². The maximum absolute atomic E-state index is 11.4. The maximum atomic E-state index is 11.4. The maximum Gasteiger partial charge on any atom is 0.297 e. The molecule has 6 nitrogen and oxygen atoms in total. The highest BCUT2D eigenvalue weighted by molar-refractivity contribution is 7.86. The number of nitrogens with two attached hydrogens (primary N) is 1. The molecule has 0 aliphatic carbocycles. The number of hydrogen-bond acceptors (Lipinski definition) is 5. The fourth-order valence-electron chi connectivity index (χ4n) is 0.828. The minimum Gasteiger partial charge on any atom is -0.292 e. The third kappa shape index (κ3) is 3.31. The van der Waals surface area contributed by atoms with Gasteiger partial charge in [-0.25, -0.2) is 5.84 Å². The zero-order valence-electron chi connectivity index (χ0n) is 7.71. The second-order valence-corrected chi connectivity index (χ2v) is 4.21. The smallest absolute Gasteiger partial charge is 0.292 e. The minimum atomic E-state index is -3.88. The molecule has 0 aromatic heterocycles. The van der Waals surface area contributed by atoms with E-state index < -0.39 is 22.6 Å². The van der Waals surface area contributed by atoms with Gasteiger partial charge < -0.3 is 0 Å². The lowest BCUT2D eigenvalue weighted by Gasteiger charge is -2.03. The molecule has 0 saturated carbocycles. The van der Waals surface area contributed by atoms with Crippen LogP contribution in [0.5, 0.6) is 0 Å². The third-order valence-corrected chi connectivity index (χ3v) is 2.82. The molecule has 0 aliphatic heterocycles. The predicted molar refractivity (Wildman–Crippen MR) is 51.9 cm³/mol. The Morgan fingerprint density at radius 3 is 2.47 bits per heavy atom. The van der Waals surface area contributed by atoms with E-state index in [1.165, 1.54) is 12.1 Å². The van der Waals surface area contributed by atoms with Crippen LogP contribution in [-0.4, -0.2) is 20.9 Å². The van der Waals surface area contributed by atoms with Crippen LogP contribution in [0.2, 0.25) is 0 Å². The van der Waals surface area contributed by atoms with Crippen molar-refractivity contribution in [2.24, 2.45) is 5.84 Å². The van der Waals surface area contributed by atoms with E-state index in [4.69, 9.17) is 5.84 Å². The molecule has 0 saturated heterocycles. The first-order valence-electron chi connectivity index (χ1n) is 4.00. The van der Waals surface area contributed by atoms with Gasteiger partial charge in [0.05, 0.1) is 4.90 Å². The Bertz CT molecular complexity index is 429. The monoisotopic (exact) mass is 230 g/mol. The first kappa shape index (κ1) is 11.6. The Morgan fingerprint density at radius 2 is 1.93 bits per heavy atom. The third-order valence-electron chi connectivity index (χ3n) is 1.54. The average Bonchev–Trinajstić information content (AvgIpc) is 2.27. The molecule has 7 heteroatoms. The summed E-state index contributed by atoms with van der Waals surface area (Å²) < 4.78 is 27.3. The molecule has 0 bridgehead atoms. The van der Waals surface area contributed by atoms with Crippen molar-refractivity contribution in [1.82, 2.24) is 5.43 Å². The molecule has 0 heterocycles. The fourth-order valence-corrected chi connectivity index (χ4v) is 1.72. The van der Waals surface area contributed by atoms with Crippen LogP contribution in [0.25, 0.3) is 0 Å². The van der Waals surface area contributed by atoms with Gasteiger partial charge in [-0.2, -0.15) is 8.42 Å². The highest BCUT2D eigenvalue weighted by Crippen LogP contribution is 2.10. The molecule has 0 atom stereocenters. The van der Waals surface area contributed by atoms with Crippen molar-refractivity contribution in [3.8, 4) is 0 Å². The number of hydrazine groups is 1. The topological polar surface area (TPSA) is 98.5 Å². The van der Waals surface area contributed by atoms with Gasteiger partial charge in [-0.15, -0.1) is 0 Å². The van der Waals surface area contributed by atoms with Gasteiger partial charge in [0, 0.05) is 0 Å². The summed E-state index contributed by atoms with van der Waals surface area (Å²) in [6.07, 6.45) is 0. The minimum absolute atomic E-state index is 0.00479. The van der Waals surface area contributed by atoms with Gasteiger partial charge in [-0.05, 0) is 12.1 Å². The molecule has 3 N–H and O–H groups in total. The molecule has 15 heavy (non-hydrogen) atoms. The van der Waals surface area contributed by atoms with E-state index in [9.17, 15) is 13.2 Å². The summed E-state index contributed by atoms with van der Waals surface area (Å²) in [6, 6.07) is 7.52. The van der Waals surface area contributed by atoms with E-state index >= 15 is 0 Å². The van der Waals surface area contributed by atoms with Crippen LogP contribution < -0.4 is 11.3 Å². The standard InChI is InChI=1S/C8H10N2O4S/c9-10-8(11)6-14-15(12,13)7-4-2-1-3-5-7/h1-5H,6,9H2,(H,10,11). The van der Waals surface area contributed by atoms with Gasteiger partial charge in [0.2, 0.25) is 0 Å². The second kappa shape index (κ2) is 4.87. The Hall–Kier alpha value is -1.44. The van der Waals surface area contributed by atoms with Crippen LogP contribution in [0.15, 0.2) is 35.2 Å². The van der Waals surface area contributed by atoms with Crippen molar-refractivity contribution in [2.45, 2.75) is 4.90 Å². The molecule has 0 spiro atoms. The summed E-state index contributed by atoms with van der Waals surface area (Å²) in [5.74, 6) is 4.05. The van der Waals surface area contributed by atoms with Crippen LogP contribution in [0.4, 0.5) is 0 Å². The number of rotatable bonds is 4. The van der Waals surface area contributed by atoms with Gasteiger partial charge in [0.15, 0.2) is 0 Å². The number of amides is 1. The van der Waals surface area contributed by atoms with Gasteiger partial charge >= 0.3 is 0 Å². The molecular formula is C8H10N2O4S. The highest BCUT2D eigenvalue weighted by atomic mass is 32.2.